The van der Waals surface area contributed by atoms with Crippen molar-refractivity contribution in [2.45, 2.75) is 64.2 Å². The van der Waals surface area contributed by atoms with Crippen LogP contribution < -0.4 is 16.2 Å². The van der Waals surface area contributed by atoms with Gasteiger partial charge in [0.2, 0.25) is 5.91 Å². The Bertz CT molecular complexity index is 1120. The molecule has 0 saturated heterocycles. The van der Waals surface area contributed by atoms with Crippen molar-refractivity contribution < 1.29 is 9.59 Å². The second-order valence-electron chi connectivity index (χ2n) is 9.00. The zero-order valence-corrected chi connectivity index (χ0v) is 20.4. The van der Waals surface area contributed by atoms with Gasteiger partial charge in [-0.05, 0) is 63.4 Å². The molecule has 3 amide bonds. The van der Waals surface area contributed by atoms with Crippen LogP contribution in [-0.4, -0.2) is 33.3 Å². The third kappa shape index (κ3) is 4.50. The van der Waals surface area contributed by atoms with Crippen LogP contribution in [0.5, 0.6) is 0 Å². The molecule has 2 N–H and O–H groups in total. The Balaban J connectivity index is 1.38. The summed E-state index contributed by atoms with van der Waals surface area (Å²) in [5.74, 6) is 1.60. The quantitative estimate of drug-likeness (QED) is 0.359. The van der Waals surface area contributed by atoms with Crippen molar-refractivity contribution in [2.75, 3.05) is 5.75 Å². The Hall–Kier alpha value is -2.13. The number of nitrogens with one attached hydrogen (secondary N) is 2. The van der Waals surface area contributed by atoms with Gasteiger partial charge in [-0.25, -0.2) is 9.78 Å². The van der Waals surface area contributed by atoms with E-state index in [1.807, 2.05) is 20.8 Å². The normalized spacial score (nSPS) is 22.8. The molecule has 0 aromatic carbocycles. The monoisotopic (exact) mass is 474 g/mol. The number of fused-ring (bicyclic) bond motifs is 3. The van der Waals surface area contributed by atoms with Crippen LogP contribution in [0.4, 0.5) is 4.79 Å². The molecule has 0 unspecified atom stereocenters. The minimum absolute atomic E-state index is 0.00560. The number of hydrogen-bond acceptors (Lipinski definition) is 6. The van der Waals surface area contributed by atoms with Crippen molar-refractivity contribution in [3.05, 3.63) is 33.4 Å². The molecule has 0 spiro atoms. The van der Waals surface area contributed by atoms with Crippen molar-refractivity contribution in [3.8, 4) is 0 Å². The lowest BCUT2D eigenvalue weighted by molar-refractivity contribution is -0.117. The average molecular weight is 475 g/mol. The zero-order valence-electron chi connectivity index (χ0n) is 18.8. The number of carbonyl (C=O) groups is 2. The lowest BCUT2D eigenvalue weighted by Crippen LogP contribution is -2.47. The van der Waals surface area contributed by atoms with E-state index in [2.05, 4.69) is 22.2 Å². The van der Waals surface area contributed by atoms with E-state index in [1.165, 1.54) is 41.6 Å². The molecule has 32 heavy (non-hydrogen) atoms. The minimum atomic E-state index is -0.456. The smallest absolute Gasteiger partial charge is 0.321 e. The largest absolute Gasteiger partial charge is 0.335 e. The molecular formula is C23H30N4O3S2. The molecule has 2 bridgehead atoms. The van der Waals surface area contributed by atoms with E-state index in [4.69, 9.17) is 0 Å². The molecular weight excluding hydrogens is 444 g/mol. The Morgan fingerprint density at radius 2 is 2.12 bits per heavy atom. The van der Waals surface area contributed by atoms with Gasteiger partial charge in [0.15, 0.2) is 5.16 Å². The minimum Gasteiger partial charge on any atom is -0.335 e. The number of hydrogen-bond donors (Lipinski definition) is 2. The zero-order chi connectivity index (χ0) is 23.0. The number of thioether (sulfide) groups is 1. The number of amides is 3. The van der Waals surface area contributed by atoms with E-state index in [9.17, 15) is 14.4 Å². The highest BCUT2D eigenvalue weighted by atomic mass is 32.2. The van der Waals surface area contributed by atoms with Crippen molar-refractivity contribution in [1.82, 2.24) is 20.2 Å². The maximum absolute atomic E-state index is 13.0. The number of urea groups is 1. The highest BCUT2D eigenvalue weighted by Gasteiger charge is 2.42. The Kier molecular flexibility index (Phi) is 6.76. The predicted octanol–water partition coefficient (Wildman–Crippen LogP) is 4.00. The van der Waals surface area contributed by atoms with E-state index in [0.717, 1.165) is 28.1 Å². The summed E-state index contributed by atoms with van der Waals surface area (Å²) in [7, 11) is 0. The van der Waals surface area contributed by atoms with Crippen LogP contribution in [0.25, 0.3) is 10.2 Å². The van der Waals surface area contributed by atoms with Gasteiger partial charge in [0.05, 0.1) is 11.1 Å². The van der Waals surface area contributed by atoms with Gasteiger partial charge in [0.25, 0.3) is 5.56 Å². The van der Waals surface area contributed by atoms with Crippen molar-refractivity contribution in [3.63, 3.8) is 0 Å². The summed E-state index contributed by atoms with van der Waals surface area (Å²) >= 11 is 2.63. The van der Waals surface area contributed by atoms with Gasteiger partial charge in [0, 0.05) is 17.5 Å². The molecule has 2 aromatic rings. The van der Waals surface area contributed by atoms with Gasteiger partial charge in [-0.2, -0.15) is 0 Å². The summed E-state index contributed by atoms with van der Waals surface area (Å²) in [6, 6.07) is -0.403. The van der Waals surface area contributed by atoms with E-state index in [1.54, 1.807) is 6.08 Å². The van der Waals surface area contributed by atoms with Gasteiger partial charge in [0.1, 0.15) is 4.83 Å². The van der Waals surface area contributed by atoms with Gasteiger partial charge < -0.3 is 5.32 Å². The fourth-order valence-electron chi connectivity index (χ4n) is 5.26. The first-order chi connectivity index (χ1) is 15.3. The molecule has 2 aliphatic rings. The molecule has 172 valence electrons. The van der Waals surface area contributed by atoms with Crippen LogP contribution in [0.2, 0.25) is 0 Å². The Morgan fingerprint density at radius 1 is 1.34 bits per heavy atom. The molecule has 2 saturated carbocycles. The summed E-state index contributed by atoms with van der Waals surface area (Å²) < 4.78 is 1.53. The molecule has 4 atom stereocenters. The second kappa shape index (κ2) is 9.39. The lowest BCUT2D eigenvalue weighted by atomic mass is 9.84. The van der Waals surface area contributed by atoms with Crippen LogP contribution >= 0.6 is 23.1 Å². The van der Waals surface area contributed by atoms with E-state index >= 15 is 0 Å². The first-order valence-electron chi connectivity index (χ1n) is 11.1. The van der Waals surface area contributed by atoms with Crippen LogP contribution in [0.3, 0.4) is 0 Å². The fourth-order valence-corrected chi connectivity index (χ4v) is 7.14. The molecule has 2 fully saturated rings. The maximum atomic E-state index is 13.0. The third-order valence-corrected chi connectivity index (χ3v) is 9.02. The number of imide groups is 1. The molecule has 2 heterocycles. The Labute approximate surface area is 196 Å². The van der Waals surface area contributed by atoms with E-state index in [0.29, 0.717) is 33.8 Å². The summed E-state index contributed by atoms with van der Waals surface area (Å²) in [6.45, 7) is 9.96. The average Bonchev–Trinajstić information content (AvgIpc) is 3.44. The molecule has 2 aromatic heterocycles. The van der Waals surface area contributed by atoms with Crippen LogP contribution in [0, 0.1) is 31.6 Å². The Morgan fingerprint density at radius 3 is 2.78 bits per heavy atom. The number of aromatic nitrogens is 2. The molecule has 2 aliphatic carbocycles. The van der Waals surface area contributed by atoms with Gasteiger partial charge in [-0.1, -0.05) is 24.3 Å². The maximum Gasteiger partial charge on any atom is 0.321 e. The predicted molar refractivity (Wildman–Crippen MR) is 129 cm³/mol. The van der Waals surface area contributed by atoms with E-state index < -0.39 is 11.9 Å². The SMILES string of the molecule is C=CCn1c(SCC(=O)NC(=O)N[C@H](C)[C@@H]2C[C@@H]3CC[C@@H]2C3)nc2sc(C)c(C)c2c1=O. The van der Waals surface area contributed by atoms with Crippen LogP contribution in [-0.2, 0) is 11.3 Å². The van der Waals surface area contributed by atoms with Crippen molar-refractivity contribution in [2.24, 2.45) is 17.8 Å². The van der Waals surface area contributed by atoms with E-state index in [-0.39, 0.29) is 17.4 Å². The van der Waals surface area contributed by atoms with Gasteiger partial charge in [-0.15, -0.1) is 17.9 Å². The van der Waals surface area contributed by atoms with Gasteiger partial charge in [-0.3, -0.25) is 19.5 Å². The summed E-state index contributed by atoms with van der Waals surface area (Å²) in [5, 5.41) is 6.45. The number of carbonyl (C=O) groups excluding carboxylic acids is 2. The molecule has 9 heteroatoms. The molecule has 0 radical (unpaired) electrons. The highest BCUT2D eigenvalue weighted by molar-refractivity contribution is 7.99. The molecule has 0 aliphatic heterocycles. The van der Waals surface area contributed by atoms with Crippen molar-refractivity contribution in [1.29, 1.82) is 0 Å². The topological polar surface area (TPSA) is 93.1 Å². The number of thiophene rings is 1. The number of allylic oxidation sites excluding steroid dienone is 1. The number of aryl methyl sites for hydroxylation is 2. The van der Waals surface area contributed by atoms with Gasteiger partial charge >= 0.3 is 6.03 Å². The first-order valence-corrected chi connectivity index (χ1v) is 12.9. The number of nitrogens with zero attached hydrogens (tertiary/aromatic N) is 2. The third-order valence-electron chi connectivity index (χ3n) is 6.94. The van der Waals surface area contributed by atoms with Crippen LogP contribution in [0.15, 0.2) is 22.6 Å². The van der Waals surface area contributed by atoms with Crippen molar-refractivity contribution >= 4 is 45.3 Å². The second-order valence-corrected chi connectivity index (χ2v) is 11.1. The highest BCUT2D eigenvalue weighted by Crippen LogP contribution is 2.49. The molecule has 4 rings (SSSR count). The standard InChI is InChI=1S/C23H30N4O3S2/c1-5-8-27-21(29)19-12(2)14(4)32-20(19)26-23(27)31-11-18(28)25-22(30)24-13(3)17-10-15-6-7-16(17)9-15/h5,13,15-17H,1,6-11H2,2-4H3,(H2,24,25,28,30)/t13-,15-,16-,17+/m1/s1. The lowest BCUT2D eigenvalue weighted by Gasteiger charge is -2.28. The van der Waals surface area contributed by atoms with Crippen LogP contribution in [0.1, 0.15) is 43.0 Å². The molecule has 7 nitrogen and oxygen atoms in total. The summed E-state index contributed by atoms with van der Waals surface area (Å²) in [6.07, 6.45) is 6.66. The first kappa shape index (κ1) is 23.0. The summed E-state index contributed by atoms with van der Waals surface area (Å²) in [5.41, 5.74) is 0.813. The number of rotatable bonds is 7. The fraction of sp³-hybridized carbons (Fsp3) is 0.565. The summed E-state index contributed by atoms with van der Waals surface area (Å²) in [4.78, 5) is 44.1.